The van der Waals surface area contributed by atoms with E-state index in [9.17, 15) is 8.78 Å². The lowest BCUT2D eigenvalue weighted by Gasteiger charge is -2.20. The van der Waals surface area contributed by atoms with Crippen LogP contribution in [-0.2, 0) is 0 Å². The molecule has 0 amide bonds. The molecule has 2 aromatic carbocycles. The van der Waals surface area contributed by atoms with Gasteiger partial charge in [0.15, 0.2) is 11.6 Å². The second-order valence-corrected chi connectivity index (χ2v) is 5.73. The summed E-state index contributed by atoms with van der Waals surface area (Å²) in [5, 5.41) is 3.04. The van der Waals surface area contributed by atoms with E-state index in [4.69, 9.17) is 0 Å². The van der Waals surface area contributed by atoms with Crippen LogP contribution >= 0.6 is 0 Å². The number of aromatic nitrogens is 2. The lowest BCUT2D eigenvalue weighted by molar-refractivity contribution is 0.509. The first kappa shape index (κ1) is 17.8. The first-order chi connectivity index (χ1) is 12.6. The zero-order valence-electron chi connectivity index (χ0n) is 14.7. The van der Waals surface area contributed by atoms with Gasteiger partial charge in [-0.3, -0.25) is 0 Å². The third-order valence-electron chi connectivity index (χ3n) is 4.02. The van der Waals surface area contributed by atoms with Gasteiger partial charge in [0.1, 0.15) is 5.82 Å². The Morgan fingerprint density at radius 3 is 2.27 bits per heavy atom. The van der Waals surface area contributed by atoms with Gasteiger partial charge in [0, 0.05) is 36.5 Å². The molecule has 0 bridgehead atoms. The highest BCUT2D eigenvalue weighted by molar-refractivity contribution is 5.67. The van der Waals surface area contributed by atoms with Crippen molar-refractivity contribution in [3.8, 4) is 11.3 Å². The topological polar surface area (TPSA) is 41.1 Å². The molecule has 0 spiro atoms. The van der Waals surface area contributed by atoms with Crippen molar-refractivity contribution < 1.29 is 8.78 Å². The normalized spacial score (nSPS) is 10.6. The summed E-state index contributed by atoms with van der Waals surface area (Å²) >= 11 is 0. The van der Waals surface area contributed by atoms with E-state index in [2.05, 4.69) is 15.3 Å². The number of nitrogens with zero attached hydrogens (tertiary/aromatic N) is 3. The number of benzene rings is 2. The highest BCUT2D eigenvalue weighted by Gasteiger charge is 2.12. The van der Waals surface area contributed by atoms with Crippen LogP contribution in [-0.4, -0.2) is 23.1 Å². The molecule has 0 fully saturated rings. The van der Waals surface area contributed by atoms with Gasteiger partial charge in [-0.25, -0.2) is 13.8 Å². The van der Waals surface area contributed by atoms with Gasteiger partial charge in [-0.2, -0.15) is 4.98 Å². The number of hydrogen-bond acceptors (Lipinski definition) is 4. The second kappa shape index (κ2) is 7.91. The van der Waals surface area contributed by atoms with Crippen LogP contribution in [0, 0.1) is 11.6 Å². The highest BCUT2D eigenvalue weighted by Crippen LogP contribution is 2.25. The number of hydrogen-bond donors (Lipinski definition) is 1. The maximum Gasteiger partial charge on any atom is 0.227 e. The molecule has 0 saturated carbocycles. The van der Waals surface area contributed by atoms with E-state index in [1.807, 2.05) is 49.1 Å². The minimum absolute atomic E-state index is 0.423. The molecule has 0 aliphatic carbocycles. The van der Waals surface area contributed by atoms with Gasteiger partial charge in [-0.1, -0.05) is 30.3 Å². The third-order valence-corrected chi connectivity index (χ3v) is 4.02. The SMILES string of the molecule is CCN(CC)c1nc(Nc2ccc(F)c(F)c2)cc(-c2ccccc2)n1. The van der Waals surface area contributed by atoms with E-state index >= 15 is 0 Å². The maximum absolute atomic E-state index is 13.5. The molecule has 1 aromatic heterocycles. The molecule has 3 aromatic rings. The average molecular weight is 354 g/mol. The van der Waals surface area contributed by atoms with E-state index in [1.165, 1.54) is 6.07 Å². The summed E-state index contributed by atoms with van der Waals surface area (Å²) in [5.41, 5.74) is 2.14. The van der Waals surface area contributed by atoms with Gasteiger partial charge < -0.3 is 10.2 Å². The van der Waals surface area contributed by atoms with Gasteiger partial charge in [-0.15, -0.1) is 0 Å². The highest BCUT2D eigenvalue weighted by atomic mass is 19.2. The molecule has 0 atom stereocenters. The van der Waals surface area contributed by atoms with E-state index in [0.717, 1.165) is 36.5 Å². The van der Waals surface area contributed by atoms with Gasteiger partial charge in [-0.05, 0) is 26.0 Å². The summed E-state index contributed by atoms with van der Waals surface area (Å²) in [6, 6.07) is 15.2. The summed E-state index contributed by atoms with van der Waals surface area (Å²) in [5.74, 6) is -0.684. The minimum atomic E-state index is -0.906. The molecule has 0 unspecified atom stereocenters. The van der Waals surface area contributed by atoms with Crippen molar-refractivity contribution in [2.24, 2.45) is 0 Å². The van der Waals surface area contributed by atoms with Gasteiger partial charge in [0.2, 0.25) is 5.95 Å². The maximum atomic E-state index is 13.5. The van der Waals surface area contributed by atoms with Crippen molar-refractivity contribution in [2.75, 3.05) is 23.3 Å². The fourth-order valence-corrected chi connectivity index (χ4v) is 2.62. The van der Waals surface area contributed by atoms with Crippen LogP contribution in [0.5, 0.6) is 0 Å². The Balaban J connectivity index is 2.02. The average Bonchev–Trinajstić information content (AvgIpc) is 2.66. The fourth-order valence-electron chi connectivity index (χ4n) is 2.62. The largest absolute Gasteiger partial charge is 0.341 e. The number of anilines is 3. The Morgan fingerprint density at radius 2 is 1.62 bits per heavy atom. The van der Waals surface area contributed by atoms with Crippen molar-refractivity contribution in [1.29, 1.82) is 0 Å². The molecule has 26 heavy (non-hydrogen) atoms. The van der Waals surface area contributed by atoms with Gasteiger partial charge >= 0.3 is 0 Å². The lowest BCUT2D eigenvalue weighted by atomic mass is 10.1. The summed E-state index contributed by atoms with van der Waals surface area (Å²) in [4.78, 5) is 11.2. The Labute approximate surface area is 151 Å². The Kier molecular flexibility index (Phi) is 5.41. The quantitative estimate of drug-likeness (QED) is 0.675. The summed E-state index contributed by atoms with van der Waals surface area (Å²) in [7, 11) is 0. The van der Waals surface area contributed by atoms with E-state index in [0.29, 0.717) is 17.5 Å². The third kappa shape index (κ3) is 3.96. The molecular weight excluding hydrogens is 334 g/mol. The molecule has 134 valence electrons. The number of rotatable bonds is 6. The van der Waals surface area contributed by atoms with Crippen molar-refractivity contribution >= 4 is 17.5 Å². The molecule has 0 aliphatic heterocycles. The summed E-state index contributed by atoms with van der Waals surface area (Å²) in [6.07, 6.45) is 0. The molecule has 1 heterocycles. The fraction of sp³-hybridized carbons (Fsp3) is 0.200. The van der Waals surface area contributed by atoms with Crippen LogP contribution in [0.1, 0.15) is 13.8 Å². The van der Waals surface area contributed by atoms with Gasteiger partial charge in [0.05, 0.1) is 5.69 Å². The standard InChI is InChI=1S/C20H20F2N4/c1-3-26(4-2)20-24-18(14-8-6-5-7-9-14)13-19(25-20)23-15-10-11-16(21)17(22)12-15/h5-13H,3-4H2,1-2H3,(H,23,24,25). The Hall–Kier alpha value is -3.02. The molecule has 3 rings (SSSR count). The van der Waals surface area contributed by atoms with Crippen LogP contribution < -0.4 is 10.2 Å². The first-order valence-corrected chi connectivity index (χ1v) is 8.52. The van der Waals surface area contributed by atoms with Crippen LogP contribution in [0.3, 0.4) is 0 Å². The van der Waals surface area contributed by atoms with Crippen molar-refractivity contribution in [2.45, 2.75) is 13.8 Å². The second-order valence-electron chi connectivity index (χ2n) is 5.73. The number of nitrogens with one attached hydrogen (secondary N) is 1. The lowest BCUT2D eigenvalue weighted by Crippen LogP contribution is -2.24. The smallest absolute Gasteiger partial charge is 0.227 e. The van der Waals surface area contributed by atoms with Crippen LogP contribution in [0.2, 0.25) is 0 Å². The summed E-state index contributed by atoms with van der Waals surface area (Å²) < 4.78 is 26.6. The van der Waals surface area contributed by atoms with E-state index in [-0.39, 0.29) is 0 Å². The van der Waals surface area contributed by atoms with Crippen molar-refractivity contribution in [1.82, 2.24) is 9.97 Å². The molecule has 0 radical (unpaired) electrons. The van der Waals surface area contributed by atoms with E-state index < -0.39 is 11.6 Å². The molecule has 0 saturated heterocycles. The molecule has 6 heteroatoms. The van der Waals surface area contributed by atoms with Crippen molar-refractivity contribution in [3.63, 3.8) is 0 Å². The molecule has 0 aliphatic rings. The Bertz CT molecular complexity index is 880. The molecule has 4 nitrogen and oxygen atoms in total. The molecular formula is C20H20F2N4. The van der Waals surface area contributed by atoms with Crippen LogP contribution in [0.25, 0.3) is 11.3 Å². The van der Waals surface area contributed by atoms with Crippen LogP contribution in [0.15, 0.2) is 54.6 Å². The van der Waals surface area contributed by atoms with Crippen LogP contribution in [0.4, 0.5) is 26.2 Å². The predicted octanol–water partition coefficient (Wildman–Crippen LogP) is 5.01. The van der Waals surface area contributed by atoms with E-state index in [1.54, 1.807) is 6.07 Å². The first-order valence-electron chi connectivity index (χ1n) is 8.52. The van der Waals surface area contributed by atoms with Crippen molar-refractivity contribution in [3.05, 3.63) is 66.2 Å². The zero-order chi connectivity index (χ0) is 18.5. The minimum Gasteiger partial charge on any atom is -0.341 e. The van der Waals surface area contributed by atoms with Gasteiger partial charge in [0.25, 0.3) is 0 Å². The zero-order valence-corrected chi connectivity index (χ0v) is 14.7. The Morgan fingerprint density at radius 1 is 0.885 bits per heavy atom. The predicted molar refractivity (Wildman–Crippen MR) is 101 cm³/mol. The molecule has 1 N–H and O–H groups in total. The summed E-state index contributed by atoms with van der Waals surface area (Å²) in [6.45, 7) is 5.59. The monoisotopic (exact) mass is 354 g/mol. The number of halogens is 2.